The molecule has 1 saturated carbocycles. The van der Waals surface area contributed by atoms with Crippen molar-refractivity contribution in [3.8, 4) is 0 Å². The Morgan fingerprint density at radius 2 is 1.94 bits per heavy atom. The minimum atomic E-state index is 0.314. The topological polar surface area (TPSA) is 34.7 Å². The Morgan fingerprint density at radius 3 is 2.67 bits per heavy atom. The second kappa shape index (κ2) is 3.39. The molecule has 0 bridgehead atoms. The van der Waals surface area contributed by atoms with Gasteiger partial charge in [0.1, 0.15) is 12.2 Å². The Morgan fingerprint density at radius 1 is 1.17 bits per heavy atom. The van der Waals surface area contributed by atoms with Crippen LogP contribution < -0.4 is 9.80 Å². The average Bonchev–Trinajstić information content (AvgIpc) is 2.61. The van der Waals surface area contributed by atoms with Crippen molar-refractivity contribution in [2.24, 2.45) is 5.41 Å². The monoisotopic (exact) mass is 242 g/mol. The molecule has 2 N–H and O–H groups in total. The number of hydrogen-bond acceptors (Lipinski definition) is 2. The molecule has 0 amide bonds. The maximum atomic E-state index is 4.59. The summed E-state index contributed by atoms with van der Waals surface area (Å²) in [5, 5.41) is 0. The van der Waals surface area contributed by atoms with Gasteiger partial charge in [-0.1, -0.05) is 6.42 Å². The summed E-state index contributed by atoms with van der Waals surface area (Å²) >= 11 is 0. The van der Waals surface area contributed by atoms with Crippen LogP contribution in [0, 0.1) is 19.5 Å². The van der Waals surface area contributed by atoms with Crippen LogP contribution in [0.15, 0.2) is 18.1 Å². The molecular formula is C14H18N4. The average molecular weight is 242 g/mol. The zero-order chi connectivity index (χ0) is 12.3. The van der Waals surface area contributed by atoms with Crippen LogP contribution in [-0.2, 0) is 0 Å². The summed E-state index contributed by atoms with van der Waals surface area (Å²) in [5.74, 6) is 1.00. The SMILES string of the molecule is [CH2-][NH+]1CC2=C(c3nccnc3[NH+]2[CH2-])C2(CCC2)C1. The molecule has 1 aromatic heterocycles. The van der Waals surface area contributed by atoms with Gasteiger partial charge >= 0.3 is 0 Å². The summed E-state index contributed by atoms with van der Waals surface area (Å²) in [6, 6.07) is 0. The summed E-state index contributed by atoms with van der Waals surface area (Å²) in [7, 11) is 8.47. The largest absolute Gasteiger partial charge is 0.459 e. The van der Waals surface area contributed by atoms with Crippen LogP contribution in [0.1, 0.15) is 25.0 Å². The van der Waals surface area contributed by atoms with E-state index in [-0.39, 0.29) is 0 Å². The zero-order valence-corrected chi connectivity index (χ0v) is 10.5. The van der Waals surface area contributed by atoms with E-state index in [4.69, 9.17) is 0 Å². The van der Waals surface area contributed by atoms with Gasteiger partial charge in [-0.25, -0.2) is 9.97 Å². The smallest absolute Gasteiger partial charge is 0.231 e. The number of quaternary nitrogens is 2. The molecule has 2 aliphatic heterocycles. The lowest BCUT2D eigenvalue weighted by atomic mass is 9.61. The number of fused-ring (bicyclic) bond motifs is 3. The first-order valence-electron chi connectivity index (χ1n) is 6.63. The van der Waals surface area contributed by atoms with Crippen molar-refractivity contribution in [1.29, 1.82) is 0 Å². The van der Waals surface area contributed by atoms with Gasteiger partial charge in [0.15, 0.2) is 5.69 Å². The Bertz CT molecular complexity index is 544. The first-order chi connectivity index (χ1) is 8.71. The first-order valence-corrected chi connectivity index (χ1v) is 6.63. The van der Waals surface area contributed by atoms with Crippen molar-refractivity contribution in [2.75, 3.05) is 13.1 Å². The third-order valence-electron chi connectivity index (χ3n) is 4.74. The highest BCUT2D eigenvalue weighted by molar-refractivity contribution is 5.78. The minimum Gasteiger partial charge on any atom is -0.459 e. The molecule has 3 heterocycles. The van der Waals surface area contributed by atoms with Gasteiger partial charge in [-0.05, 0) is 12.8 Å². The Hall–Kier alpha value is -1.26. The van der Waals surface area contributed by atoms with Crippen molar-refractivity contribution in [3.63, 3.8) is 0 Å². The van der Waals surface area contributed by atoms with Gasteiger partial charge < -0.3 is 9.80 Å². The molecule has 1 spiro atoms. The van der Waals surface area contributed by atoms with E-state index in [0.29, 0.717) is 5.41 Å². The second-order valence-corrected chi connectivity index (χ2v) is 5.82. The predicted molar refractivity (Wildman–Crippen MR) is 67.3 cm³/mol. The number of nitrogens with one attached hydrogen (secondary N) is 2. The molecule has 94 valence electrons. The van der Waals surface area contributed by atoms with E-state index in [9.17, 15) is 0 Å². The Kier molecular flexibility index (Phi) is 2.01. The van der Waals surface area contributed by atoms with Gasteiger partial charge in [0.25, 0.3) is 0 Å². The summed E-state index contributed by atoms with van der Waals surface area (Å²) in [4.78, 5) is 11.5. The molecule has 4 rings (SSSR count). The summed E-state index contributed by atoms with van der Waals surface area (Å²) in [6.45, 7) is 2.10. The first kappa shape index (κ1) is 10.6. The fourth-order valence-electron chi connectivity index (χ4n) is 3.85. The lowest BCUT2D eigenvalue weighted by Crippen LogP contribution is -3.14. The van der Waals surface area contributed by atoms with Gasteiger partial charge in [0.05, 0.1) is 23.7 Å². The van der Waals surface area contributed by atoms with E-state index < -0.39 is 0 Å². The van der Waals surface area contributed by atoms with Crippen LogP contribution in [0.3, 0.4) is 0 Å². The molecule has 3 aliphatic rings. The summed E-state index contributed by atoms with van der Waals surface area (Å²) in [5.41, 5.74) is 4.24. The van der Waals surface area contributed by atoms with Crippen LogP contribution in [0.2, 0.25) is 0 Å². The molecule has 18 heavy (non-hydrogen) atoms. The van der Waals surface area contributed by atoms with Crippen molar-refractivity contribution < 1.29 is 9.80 Å². The predicted octanol–water partition coefficient (Wildman–Crippen LogP) is -0.630. The molecular weight excluding hydrogens is 224 g/mol. The molecule has 2 unspecified atom stereocenters. The van der Waals surface area contributed by atoms with E-state index in [1.54, 1.807) is 12.4 Å². The molecule has 4 nitrogen and oxygen atoms in total. The zero-order valence-electron chi connectivity index (χ0n) is 10.5. The molecule has 2 atom stereocenters. The molecule has 0 radical (unpaired) electrons. The molecule has 4 heteroatoms. The Labute approximate surface area is 107 Å². The maximum Gasteiger partial charge on any atom is 0.231 e. The van der Waals surface area contributed by atoms with E-state index >= 15 is 0 Å². The van der Waals surface area contributed by atoms with Crippen molar-refractivity contribution >= 4 is 11.4 Å². The highest BCUT2D eigenvalue weighted by Gasteiger charge is 2.53. The van der Waals surface area contributed by atoms with Gasteiger partial charge in [-0.2, -0.15) is 7.05 Å². The highest BCUT2D eigenvalue weighted by Crippen LogP contribution is 2.53. The molecule has 1 fully saturated rings. The van der Waals surface area contributed by atoms with Gasteiger partial charge in [-0.3, -0.25) is 0 Å². The van der Waals surface area contributed by atoms with Crippen LogP contribution in [0.25, 0.3) is 5.57 Å². The van der Waals surface area contributed by atoms with Crippen LogP contribution >= 0.6 is 0 Å². The number of aromatic nitrogens is 2. The number of nitrogens with zero attached hydrogens (tertiary/aromatic N) is 2. The van der Waals surface area contributed by atoms with Crippen molar-refractivity contribution in [1.82, 2.24) is 9.97 Å². The summed E-state index contributed by atoms with van der Waals surface area (Å²) in [6.07, 6.45) is 7.44. The van der Waals surface area contributed by atoms with Crippen molar-refractivity contribution in [2.45, 2.75) is 19.3 Å². The second-order valence-electron chi connectivity index (χ2n) is 5.82. The van der Waals surface area contributed by atoms with Crippen LogP contribution in [-0.4, -0.2) is 23.1 Å². The highest BCUT2D eigenvalue weighted by atomic mass is 15.3. The van der Waals surface area contributed by atoms with Gasteiger partial charge in [-0.15, -0.1) is 7.05 Å². The fourth-order valence-corrected chi connectivity index (χ4v) is 3.85. The number of rotatable bonds is 0. The lowest BCUT2D eigenvalue weighted by Gasteiger charge is -2.48. The van der Waals surface area contributed by atoms with Crippen LogP contribution in [0.4, 0.5) is 5.82 Å². The Balaban J connectivity index is 1.93. The lowest BCUT2D eigenvalue weighted by molar-refractivity contribution is -0.880. The van der Waals surface area contributed by atoms with E-state index in [1.807, 2.05) is 0 Å². The van der Waals surface area contributed by atoms with Crippen LogP contribution in [0.5, 0.6) is 0 Å². The van der Waals surface area contributed by atoms with E-state index in [1.165, 1.54) is 35.4 Å². The van der Waals surface area contributed by atoms with Gasteiger partial charge in [0.2, 0.25) is 5.82 Å². The quantitative estimate of drug-likeness (QED) is 0.594. The molecule has 1 aromatic rings. The third-order valence-corrected chi connectivity index (χ3v) is 4.74. The van der Waals surface area contributed by atoms with E-state index in [2.05, 4.69) is 24.1 Å². The molecule has 1 aliphatic carbocycles. The third kappa shape index (κ3) is 1.17. The normalized spacial score (nSPS) is 32.1. The molecule has 0 aromatic carbocycles. The molecule has 0 saturated heterocycles. The van der Waals surface area contributed by atoms with E-state index in [0.717, 1.165) is 29.5 Å². The standard InChI is InChI=1S/C14H18N4/c1-17-8-10-11(14(9-17)4-3-5-14)12-13(18(10)2)16-7-6-15-12/h6-7,17-18H,1-5,8-9H2. The summed E-state index contributed by atoms with van der Waals surface area (Å²) < 4.78 is 0. The maximum absolute atomic E-state index is 4.59. The fraction of sp³-hybridized carbons (Fsp3) is 0.429. The minimum absolute atomic E-state index is 0.314. The number of hydrogen-bond donors (Lipinski definition) is 2. The van der Waals surface area contributed by atoms with Gasteiger partial charge in [0, 0.05) is 6.20 Å². The van der Waals surface area contributed by atoms with Crippen molar-refractivity contribution in [3.05, 3.63) is 37.9 Å².